The van der Waals surface area contributed by atoms with Crippen molar-refractivity contribution in [1.82, 2.24) is 0 Å². The first-order valence-corrected chi connectivity index (χ1v) is 6.59. The first-order valence-electron chi connectivity index (χ1n) is 4.87. The molecule has 0 aliphatic rings. The van der Waals surface area contributed by atoms with Crippen LogP contribution in [0.2, 0.25) is 0 Å². The lowest BCUT2D eigenvalue weighted by atomic mass is 10.2. The van der Waals surface area contributed by atoms with Crippen LogP contribution in [-0.4, -0.2) is 22.8 Å². The van der Waals surface area contributed by atoms with Crippen molar-refractivity contribution in [3.05, 3.63) is 29.6 Å². The van der Waals surface area contributed by atoms with Crippen LogP contribution in [0.1, 0.15) is 12.0 Å². The van der Waals surface area contributed by atoms with E-state index in [0.717, 1.165) is 6.42 Å². The van der Waals surface area contributed by atoms with Crippen LogP contribution in [0.3, 0.4) is 0 Å². The van der Waals surface area contributed by atoms with Crippen LogP contribution in [0.4, 0.5) is 10.1 Å². The van der Waals surface area contributed by atoms with Crippen molar-refractivity contribution in [2.24, 2.45) is 0 Å². The fourth-order valence-electron chi connectivity index (χ4n) is 1.23. The predicted molar refractivity (Wildman–Crippen MR) is 63.2 cm³/mol. The standard InChI is InChI=1S/C11H13FN2OS/c1-16(15)6-2-5-14-11-4-3-9(8-13)7-10(11)12/h3-4,7,14H,2,5-6H2,1H3. The van der Waals surface area contributed by atoms with E-state index < -0.39 is 16.6 Å². The Labute approximate surface area is 96.7 Å². The topological polar surface area (TPSA) is 52.9 Å². The van der Waals surface area contributed by atoms with E-state index in [1.807, 2.05) is 6.07 Å². The van der Waals surface area contributed by atoms with Gasteiger partial charge in [-0.25, -0.2) is 4.39 Å². The van der Waals surface area contributed by atoms with Gasteiger partial charge in [0.1, 0.15) is 5.82 Å². The van der Waals surface area contributed by atoms with Crippen LogP contribution < -0.4 is 5.32 Å². The van der Waals surface area contributed by atoms with Crippen molar-refractivity contribution in [3.8, 4) is 6.07 Å². The summed E-state index contributed by atoms with van der Waals surface area (Å²) in [6, 6.07) is 6.16. The average molecular weight is 240 g/mol. The molecule has 0 fully saturated rings. The fourth-order valence-corrected chi connectivity index (χ4v) is 1.78. The molecule has 0 saturated carbocycles. The Morgan fingerprint density at radius 1 is 1.56 bits per heavy atom. The highest BCUT2D eigenvalue weighted by Crippen LogP contribution is 2.15. The summed E-state index contributed by atoms with van der Waals surface area (Å²) in [5.41, 5.74) is 0.679. The lowest BCUT2D eigenvalue weighted by Gasteiger charge is -2.06. The smallest absolute Gasteiger partial charge is 0.147 e. The van der Waals surface area contributed by atoms with Gasteiger partial charge in [0, 0.05) is 29.4 Å². The van der Waals surface area contributed by atoms with Crippen molar-refractivity contribution in [1.29, 1.82) is 5.26 Å². The van der Waals surface area contributed by atoms with Gasteiger partial charge in [-0.3, -0.25) is 4.21 Å². The molecule has 1 unspecified atom stereocenters. The van der Waals surface area contributed by atoms with Gasteiger partial charge in [0.2, 0.25) is 0 Å². The number of nitrogens with one attached hydrogen (secondary N) is 1. The number of halogens is 1. The van der Waals surface area contributed by atoms with E-state index in [1.165, 1.54) is 12.1 Å². The molecule has 1 atom stereocenters. The molecule has 0 saturated heterocycles. The SMILES string of the molecule is CS(=O)CCCNc1ccc(C#N)cc1F. The van der Waals surface area contributed by atoms with Gasteiger partial charge in [-0.2, -0.15) is 5.26 Å². The summed E-state index contributed by atoms with van der Waals surface area (Å²) >= 11 is 0. The molecule has 0 amide bonds. The third-order valence-electron chi connectivity index (χ3n) is 2.02. The molecule has 0 aliphatic heterocycles. The van der Waals surface area contributed by atoms with Crippen LogP contribution >= 0.6 is 0 Å². The highest BCUT2D eigenvalue weighted by Gasteiger charge is 2.02. The van der Waals surface area contributed by atoms with Crippen molar-refractivity contribution < 1.29 is 8.60 Å². The van der Waals surface area contributed by atoms with E-state index in [2.05, 4.69) is 5.32 Å². The van der Waals surface area contributed by atoms with Crippen LogP contribution in [0.25, 0.3) is 0 Å². The van der Waals surface area contributed by atoms with E-state index >= 15 is 0 Å². The number of hydrogen-bond acceptors (Lipinski definition) is 3. The molecule has 0 radical (unpaired) electrons. The average Bonchev–Trinajstić information content (AvgIpc) is 2.25. The highest BCUT2D eigenvalue weighted by molar-refractivity contribution is 7.84. The third kappa shape index (κ3) is 3.99. The molecule has 1 aromatic rings. The normalized spacial score (nSPS) is 11.8. The summed E-state index contributed by atoms with van der Waals surface area (Å²) in [5, 5.41) is 11.5. The highest BCUT2D eigenvalue weighted by atomic mass is 32.2. The van der Waals surface area contributed by atoms with Gasteiger partial charge in [0.05, 0.1) is 17.3 Å². The van der Waals surface area contributed by atoms with Gasteiger partial charge >= 0.3 is 0 Å². The van der Waals surface area contributed by atoms with Crippen molar-refractivity contribution >= 4 is 16.5 Å². The zero-order valence-corrected chi connectivity index (χ0v) is 9.81. The van der Waals surface area contributed by atoms with E-state index in [0.29, 0.717) is 23.5 Å². The summed E-state index contributed by atoms with van der Waals surface area (Å²) in [6.07, 6.45) is 2.37. The maximum absolute atomic E-state index is 13.3. The Balaban J connectivity index is 2.49. The van der Waals surface area contributed by atoms with E-state index in [4.69, 9.17) is 5.26 Å². The number of rotatable bonds is 5. The quantitative estimate of drug-likeness (QED) is 0.799. The number of benzene rings is 1. The number of anilines is 1. The maximum Gasteiger partial charge on any atom is 0.147 e. The largest absolute Gasteiger partial charge is 0.383 e. The van der Waals surface area contributed by atoms with Crippen LogP contribution in [0.15, 0.2) is 18.2 Å². The van der Waals surface area contributed by atoms with Crippen LogP contribution in [0.5, 0.6) is 0 Å². The number of nitriles is 1. The fraction of sp³-hybridized carbons (Fsp3) is 0.364. The van der Waals surface area contributed by atoms with Crippen molar-refractivity contribution in [3.63, 3.8) is 0 Å². The number of hydrogen-bond donors (Lipinski definition) is 1. The second kappa shape index (κ2) is 6.23. The maximum atomic E-state index is 13.3. The minimum Gasteiger partial charge on any atom is -0.383 e. The molecule has 0 bridgehead atoms. The van der Waals surface area contributed by atoms with Crippen molar-refractivity contribution in [2.45, 2.75) is 6.42 Å². The summed E-state index contributed by atoms with van der Waals surface area (Å²) in [6.45, 7) is 0.572. The minimum absolute atomic E-state index is 0.303. The first-order chi connectivity index (χ1) is 7.63. The second-order valence-corrected chi connectivity index (χ2v) is 4.92. The van der Waals surface area contributed by atoms with Crippen molar-refractivity contribution in [2.75, 3.05) is 23.9 Å². The Kier molecular flexibility index (Phi) is 4.93. The van der Waals surface area contributed by atoms with E-state index in [-0.39, 0.29) is 0 Å². The Morgan fingerprint density at radius 3 is 2.88 bits per heavy atom. The molecular weight excluding hydrogens is 227 g/mol. The molecule has 1 aromatic carbocycles. The molecule has 16 heavy (non-hydrogen) atoms. The molecule has 0 spiro atoms. The lowest BCUT2D eigenvalue weighted by molar-refractivity contribution is 0.629. The van der Waals surface area contributed by atoms with Gasteiger partial charge < -0.3 is 5.32 Å². The molecule has 5 heteroatoms. The molecule has 0 aliphatic carbocycles. The van der Waals surface area contributed by atoms with Gasteiger partial charge in [0.15, 0.2) is 0 Å². The summed E-state index contributed by atoms with van der Waals surface area (Å²) < 4.78 is 24.1. The Morgan fingerprint density at radius 2 is 2.31 bits per heavy atom. The van der Waals surface area contributed by atoms with E-state index in [1.54, 1.807) is 12.3 Å². The van der Waals surface area contributed by atoms with Gasteiger partial charge in [-0.15, -0.1) is 0 Å². The molecule has 1 N–H and O–H groups in total. The molecular formula is C11H13FN2OS. The van der Waals surface area contributed by atoms with Gasteiger partial charge in [0.25, 0.3) is 0 Å². The molecule has 3 nitrogen and oxygen atoms in total. The summed E-state index contributed by atoms with van der Waals surface area (Å²) in [5.74, 6) is 0.168. The predicted octanol–water partition coefficient (Wildman–Crippen LogP) is 1.88. The monoisotopic (exact) mass is 240 g/mol. The zero-order valence-electron chi connectivity index (χ0n) is 9.00. The molecule has 0 heterocycles. The van der Waals surface area contributed by atoms with Crippen LogP contribution in [0, 0.1) is 17.1 Å². The number of nitrogens with zero attached hydrogens (tertiary/aromatic N) is 1. The minimum atomic E-state index is -0.811. The van der Waals surface area contributed by atoms with E-state index in [9.17, 15) is 8.60 Å². The lowest BCUT2D eigenvalue weighted by Crippen LogP contribution is -2.07. The van der Waals surface area contributed by atoms with Gasteiger partial charge in [-0.05, 0) is 24.6 Å². The Bertz CT molecular complexity index is 428. The van der Waals surface area contributed by atoms with Gasteiger partial charge in [-0.1, -0.05) is 0 Å². The summed E-state index contributed by atoms with van der Waals surface area (Å²) in [4.78, 5) is 0. The Hall–Kier alpha value is -1.41. The third-order valence-corrected chi connectivity index (χ3v) is 2.89. The zero-order chi connectivity index (χ0) is 12.0. The molecule has 1 rings (SSSR count). The van der Waals surface area contributed by atoms with Crippen LogP contribution in [-0.2, 0) is 10.8 Å². The molecule has 0 aromatic heterocycles. The first kappa shape index (κ1) is 12.7. The molecule has 86 valence electrons. The summed E-state index contributed by atoms with van der Waals surface area (Å²) in [7, 11) is -0.811. The second-order valence-electron chi connectivity index (χ2n) is 3.36.